The molecule has 1 aromatic rings. The highest BCUT2D eigenvalue weighted by atomic mass is 16.4. The van der Waals surface area contributed by atoms with Crippen molar-refractivity contribution in [1.82, 2.24) is 15.2 Å². The third kappa shape index (κ3) is 4.53. The number of nitrogens with one attached hydrogen (secondary N) is 1. The van der Waals surface area contributed by atoms with Gasteiger partial charge < -0.3 is 15.3 Å². The minimum Gasteiger partial charge on any atom is -0.480 e. The molecule has 0 aromatic carbocycles. The second kappa shape index (κ2) is 6.36. The molecule has 0 saturated carbocycles. The number of carbonyl (C=O) groups excluding carboxylic acids is 1. The highest BCUT2D eigenvalue weighted by Crippen LogP contribution is 2.19. The molecule has 1 aromatic heterocycles. The maximum atomic E-state index is 12.0. The molecule has 6 nitrogen and oxygen atoms in total. The van der Waals surface area contributed by atoms with Gasteiger partial charge in [-0.1, -0.05) is 26.8 Å². The van der Waals surface area contributed by atoms with Crippen LogP contribution in [0.4, 0.5) is 4.79 Å². The van der Waals surface area contributed by atoms with Gasteiger partial charge in [-0.3, -0.25) is 4.98 Å². The fourth-order valence-electron chi connectivity index (χ4n) is 1.72. The highest BCUT2D eigenvalue weighted by Gasteiger charge is 2.33. The standard InChI is InChI=1S/C14H21N3O3/c1-14(2,3)11(12(18)19)16-13(20)17(4)9-10-6-5-7-15-8-10/h5-8,11H,9H2,1-4H3,(H,16,20)(H,18,19)/t11-/m1/s1. The second-order valence-corrected chi connectivity index (χ2v) is 5.80. The number of urea groups is 1. The normalized spacial score (nSPS) is 12.6. The summed E-state index contributed by atoms with van der Waals surface area (Å²) in [5, 5.41) is 11.7. The topological polar surface area (TPSA) is 82.5 Å². The first-order valence-electron chi connectivity index (χ1n) is 6.35. The zero-order valence-corrected chi connectivity index (χ0v) is 12.3. The lowest BCUT2D eigenvalue weighted by Gasteiger charge is -2.29. The molecule has 2 N–H and O–H groups in total. The molecule has 1 atom stereocenters. The van der Waals surface area contributed by atoms with Crippen LogP contribution in [0, 0.1) is 5.41 Å². The van der Waals surface area contributed by atoms with Crippen molar-refractivity contribution in [2.24, 2.45) is 5.41 Å². The molecule has 0 saturated heterocycles. The van der Waals surface area contributed by atoms with Gasteiger partial charge in [0.25, 0.3) is 0 Å². The Hall–Kier alpha value is -2.11. The van der Waals surface area contributed by atoms with Gasteiger partial charge in [-0.2, -0.15) is 0 Å². The molecule has 0 radical (unpaired) electrons. The van der Waals surface area contributed by atoms with E-state index in [2.05, 4.69) is 10.3 Å². The molecule has 6 heteroatoms. The Kier molecular flexibility index (Phi) is 5.07. The van der Waals surface area contributed by atoms with E-state index in [-0.39, 0.29) is 0 Å². The summed E-state index contributed by atoms with van der Waals surface area (Å²) < 4.78 is 0. The van der Waals surface area contributed by atoms with Gasteiger partial charge in [-0.05, 0) is 17.0 Å². The summed E-state index contributed by atoms with van der Waals surface area (Å²) >= 11 is 0. The van der Waals surface area contributed by atoms with Crippen LogP contribution in [0.5, 0.6) is 0 Å². The number of rotatable bonds is 4. The summed E-state index contributed by atoms with van der Waals surface area (Å²) in [5.74, 6) is -1.04. The van der Waals surface area contributed by atoms with Crippen LogP contribution in [0.15, 0.2) is 24.5 Å². The summed E-state index contributed by atoms with van der Waals surface area (Å²) in [6.07, 6.45) is 3.33. The molecule has 2 amide bonds. The minimum absolute atomic E-state index is 0.371. The summed E-state index contributed by atoms with van der Waals surface area (Å²) in [6, 6.07) is 2.29. The lowest BCUT2D eigenvalue weighted by Crippen LogP contribution is -2.52. The van der Waals surface area contributed by atoms with Crippen molar-refractivity contribution >= 4 is 12.0 Å². The first-order chi connectivity index (χ1) is 9.21. The van der Waals surface area contributed by atoms with Crippen molar-refractivity contribution < 1.29 is 14.7 Å². The molecule has 0 fully saturated rings. The van der Waals surface area contributed by atoms with Gasteiger partial charge in [-0.15, -0.1) is 0 Å². The van der Waals surface area contributed by atoms with E-state index in [1.54, 1.807) is 46.3 Å². The van der Waals surface area contributed by atoms with E-state index in [0.717, 1.165) is 5.56 Å². The molecular weight excluding hydrogens is 258 g/mol. The maximum Gasteiger partial charge on any atom is 0.326 e. The zero-order valence-electron chi connectivity index (χ0n) is 12.3. The molecular formula is C14H21N3O3. The molecule has 0 aliphatic heterocycles. The fourth-order valence-corrected chi connectivity index (χ4v) is 1.72. The highest BCUT2D eigenvalue weighted by molar-refractivity contribution is 5.83. The average molecular weight is 279 g/mol. The molecule has 1 heterocycles. The molecule has 0 bridgehead atoms. The Morgan fingerprint density at radius 1 is 1.45 bits per heavy atom. The van der Waals surface area contributed by atoms with Crippen molar-refractivity contribution in [2.75, 3.05) is 7.05 Å². The lowest BCUT2D eigenvalue weighted by atomic mass is 9.87. The van der Waals surface area contributed by atoms with E-state index in [4.69, 9.17) is 0 Å². The van der Waals surface area contributed by atoms with E-state index in [1.807, 2.05) is 6.07 Å². The molecule has 0 aliphatic rings. The van der Waals surface area contributed by atoms with Crippen LogP contribution in [-0.4, -0.2) is 40.1 Å². The van der Waals surface area contributed by atoms with Gasteiger partial charge in [0.15, 0.2) is 0 Å². The van der Waals surface area contributed by atoms with Crippen molar-refractivity contribution in [3.63, 3.8) is 0 Å². The average Bonchev–Trinajstić information content (AvgIpc) is 2.34. The lowest BCUT2D eigenvalue weighted by molar-refractivity contribution is -0.142. The Morgan fingerprint density at radius 2 is 2.10 bits per heavy atom. The number of nitrogens with zero attached hydrogens (tertiary/aromatic N) is 2. The molecule has 0 spiro atoms. The predicted molar refractivity (Wildman–Crippen MR) is 75.1 cm³/mol. The molecule has 0 aliphatic carbocycles. The largest absolute Gasteiger partial charge is 0.480 e. The van der Waals surface area contributed by atoms with E-state index in [0.29, 0.717) is 6.54 Å². The molecule has 20 heavy (non-hydrogen) atoms. The van der Waals surface area contributed by atoms with E-state index in [1.165, 1.54) is 4.90 Å². The van der Waals surface area contributed by atoms with E-state index >= 15 is 0 Å². The Bertz CT molecular complexity index is 468. The first-order valence-corrected chi connectivity index (χ1v) is 6.35. The number of hydrogen-bond acceptors (Lipinski definition) is 3. The third-order valence-corrected chi connectivity index (χ3v) is 2.87. The van der Waals surface area contributed by atoms with Crippen LogP contribution in [0.3, 0.4) is 0 Å². The number of pyridine rings is 1. The summed E-state index contributed by atoms with van der Waals surface area (Å²) in [5.41, 5.74) is 0.323. The van der Waals surface area contributed by atoms with Crippen molar-refractivity contribution in [1.29, 1.82) is 0 Å². The molecule has 110 valence electrons. The zero-order chi connectivity index (χ0) is 15.3. The Morgan fingerprint density at radius 3 is 2.55 bits per heavy atom. The first kappa shape index (κ1) is 15.9. The Labute approximate surface area is 118 Å². The van der Waals surface area contributed by atoms with Crippen molar-refractivity contribution in [2.45, 2.75) is 33.4 Å². The summed E-state index contributed by atoms with van der Waals surface area (Å²) in [6.45, 7) is 5.68. The van der Waals surface area contributed by atoms with E-state index in [9.17, 15) is 14.7 Å². The number of carboxylic acid groups (broad SMARTS) is 1. The van der Waals surface area contributed by atoms with Crippen molar-refractivity contribution in [3.8, 4) is 0 Å². The van der Waals surface area contributed by atoms with Gasteiger partial charge in [0.2, 0.25) is 0 Å². The number of aliphatic carboxylic acids is 1. The number of carboxylic acids is 1. The number of amides is 2. The van der Waals surface area contributed by atoms with Gasteiger partial charge in [0.1, 0.15) is 6.04 Å². The summed E-state index contributed by atoms with van der Waals surface area (Å²) in [7, 11) is 1.61. The molecule has 0 unspecified atom stereocenters. The van der Waals surface area contributed by atoms with Crippen LogP contribution in [0.2, 0.25) is 0 Å². The van der Waals surface area contributed by atoms with Gasteiger partial charge in [-0.25, -0.2) is 9.59 Å². The fraction of sp³-hybridized carbons (Fsp3) is 0.500. The summed E-state index contributed by atoms with van der Waals surface area (Å²) in [4.78, 5) is 28.7. The van der Waals surface area contributed by atoms with Crippen LogP contribution in [0.25, 0.3) is 0 Å². The number of carbonyl (C=O) groups is 2. The van der Waals surface area contributed by atoms with Crippen LogP contribution < -0.4 is 5.32 Å². The maximum absolute atomic E-state index is 12.0. The monoisotopic (exact) mass is 279 g/mol. The van der Waals surface area contributed by atoms with Crippen molar-refractivity contribution in [3.05, 3.63) is 30.1 Å². The van der Waals surface area contributed by atoms with Gasteiger partial charge in [0.05, 0.1) is 0 Å². The van der Waals surface area contributed by atoms with Crippen LogP contribution in [-0.2, 0) is 11.3 Å². The van der Waals surface area contributed by atoms with Crippen LogP contribution in [0.1, 0.15) is 26.3 Å². The van der Waals surface area contributed by atoms with Crippen LogP contribution >= 0.6 is 0 Å². The minimum atomic E-state index is -1.04. The van der Waals surface area contributed by atoms with Gasteiger partial charge >= 0.3 is 12.0 Å². The van der Waals surface area contributed by atoms with Gasteiger partial charge in [0, 0.05) is 26.0 Å². The number of aromatic nitrogens is 1. The quantitative estimate of drug-likeness (QED) is 0.879. The Balaban J connectivity index is 2.67. The SMILES string of the molecule is CN(Cc1cccnc1)C(=O)N[C@H](C(=O)O)C(C)(C)C. The third-order valence-electron chi connectivity index (χ3n) is 2.87. The molecule has 1 rings (SSSR count). The predicted octanol–water partition coefficient (Wildman–Crippen LogP) is 1.72. The number of hydrogen-bond donors (Lipinski definition) is 2. The smallest absolute Gasteiger partial charge is 0.326 e. The van der Waals surface area contributed by atoms with E-state index < -0.39 is 23.5 Å². The second-order valence-electron chi connectivity index (χ2n) is 5.80.